The van der Waals surface area contributed by atoms with E-state index in [1.165, 1.54) is 5.56 Å². The van der Waals surface area contributed by atoms with E-state index in [-0.39, 0.29) is 18.6 Å². The summed E-state index contributed by atoms with van der Waals surface area (Å²) in [5.41, 5.74) is 8.23. The third-order valence-electron chi connectivity index (χ3n) is 2.96. The number of ether oxygens (including phenoxy) is 1. The molecule has 0 fully saturated rings. The van der Waals surface area contributed by atoms with Crippen LogP contribution < -0.4 is 15.8 Å². The number of nitrogens with one attached hydrogen (secondary N) is 1. The van der Waals surface area contributed by atoms with E-state index < -0.39 is 0 Å². The molecule has 4 heteroatoms. The van der Waals surface area contributed by atoms with Crippen molar-refractivity contribution in [1.29, 1.82) is 0 Å². The molecule has 0 saturated heterocycles. The van der Waals surface area contributed by atoms with Crippen LogP contribution in [-0.4, -0.2) is 25.1 Å². The first kappa shape index (κ1) is 15.5. The highest BCUT2D eigenvalue weighted by Gasteiger charge is 2.10. The van der Waals surface area contributed by atoms with E-state index in [0.717, 1.165) is 24.2 Å². The van der Waals surface area contributed by atoms with E-state index in [9.17, 15) is 4.79 Å². The zero-order chi connectivity index (χ0) is 14.3. The molecule has 0 aliphatic heterocycles. The Labute approximate surface area is 115 Å². The second kappa shape index (κ2) is 7.79. The zero-order valence-corrected chi connectivity index (χ0v) is 12.0. The van der Waals surface area contributed by atoms with Gasteiger partial charge in [-0.15, -0.1) is 0 Å². The molecule has 106 valence electrons. The number of hydrogen-bond donors (Lipinski definition) is 2. The summed E-state index contributed by atoms with van der Waals surface area (Å²) in [7, 11) is 0. The van der Waals surface area contributed by atoms with E-state index in [1.54, 1.807) is 0 Å². The number of nitrogens with two attached hydrogens (primary N) is 1. The number of aryl methyl sites for hydroxylation is 1. The normalized spacial score (nSPS) is 12.0. The number of hydrogen-bond acceptors (Lipinski definition) is 3. The molecular weight excluding hydrogens is 240 g/mol. The van der Waals surface area contributed by atoms with Gasteiger partial charge in [-0.2, -0.15) is 0 Å². The van der Waals surface area contributed by atoms with Gasteiger partial charge in [0.15, 0.2) is 6.61 Å². The third kappa shape index (κ3) is 5.30. The molecule has 1 aromatic carbocycles. The Hall–Kier alpha value is -1.55. The van der Waals surface area contributed by atoms with Crippen molar-refractivity contribution < 1.29 is 9.53 Å². The number of rotatable bonds is 7. The summed E-state index contributed by atoms with van der Waals surface area (Å²) in [5.74, 6) is 0.648. The Morgan fingerprint density at radius 2 is 2.16 bits per heavy atom. The van der Waals surface area contributed by atoms with E-state index in [4.69, 9.17) is 10.5 Å². The minimum atomic E-state index is -0.103. The molecule has 0 aromatic heterocycles. The second-order valence-electron chi connectivity index (χ2n) is 4.73. The Bertz CT molecular complexity index is 419. The summed E-state index contributed by atoms with van der Waals surface area (Å²) in [6, 6.07) is 6.08. The van der Waals surface area contributed by atoms with Crippen LogP contribution in [0.4, 0.5) is 0 Å². The molecule has 0 saturated carbocycles. The van der Waals surface area contributed by atoms with Crippen LogP contribution in [0.3, 0.4) is 0 Å². The van der Waals surface area contributed by atoms with Crippen LogP contribution in [0.15, 0.2) is 18.2 Å². The van der Waals surface area contributed by atoms with E-state index >= 15 is 0 Å². The molecular formula is C15H24N2O2. The quantitative estimate of drug-likeness (QED) is 0.789. The van der Waals surface area contributed by atoms with Gasteiger partial charge in [-0.05, 0) is 38.3 Å². The molecule has 0 heterocycles. The highest BCUT2D eigenvalue weighted by molar-refractivity contribution is 5.77. The molecule has 3 N–H and O–H groups in total. The van der Waals surface area contributed by atoms with Gasteiger partial charge in [0.25, 0.3) is 5.91 Å². The predicted molar refractivity (Wildman–Crippen MR) is 77.3 cm³/mol. The summed E-state index contributed by atoms with van der Waals surface area (Å²) in [6.45, 7) is 6.65. The largest absolute Gasteiger partial charge is 0.483 e. The first-order chi connectivity index (χ1) is 9.06. The summed E-state index contributed by atoms with van der Waals surface area (Å²) < 4.78 is 5.58. The molecule has 19 heavy (non-hydrogen) atoms. The van der Waals surface area contributed by atoms with Crippen molar-refractivity contribution in [3.63, 3.8) is 0 Å². The molecule has 0 aliphatic rings. The van der Waals surface area contributed by atoms with Crippen LogP contribution >= 0.6 is 0 Å². The first-order valence-corrected chi connectivity index (χ1v) is 6.81. The number of amides is 1. The SMILES string of the molecule is CCNC(=O)COc1ccc(C)cc1CC(N)CC. The number of likely N-dealkylation sites (N-methyl/N-ethyl adjacent to an activating group) is 1. The highest BCUT2D eigenvalue weighted by Crippen LogP contribution is 2.21. The fraction of sp³-hybridized carbons (Fsp3) is 0.533. The van der Waals surface area contributed by atoms with Gasteiger partial charge >= 0.3 is 0 Å². The maximum atomic E-state index is 11.4. The smallest absolute Gasteiger partial charge is 0.257 e. The minimum Gasteiger partial charge on any atom is -0.483 e. The predicted octanol–water partition coefficient (Wildman–Crippen LogP) is 1.79. The minimum absolute atomic E-state index is 0.0469. The van der Waals surface area contributed by atoms with Gasteiger partial charge in [0.1, 0.15) is 5.75 Å². The van der Waals surface area contributed by atoms with Gasteiger partial charge in [0.2, 0.25) is 0 Å². The average molecular weight is 264 g/mol. The molecule has 4 nitrogen and oxygen atoms in total. The van der Waals surface area contributed by atoms with Gasteiger partial charge in [-0.3, -0.25) is 4.79 Å². The van der Waals surface area contributed by atoms with Crippen LogP contribution in [-0.2, 0) is 11.2 Å². The summed E-state index contributed by atoms with van der Waals surface area (Å²) >= 11 is 0. The van der Waals surface area contributed by atoms with Gasteiger partial charge in [0, 0.05) is 12.6 Å². The van der Waals surface area contributed by atoms with Crippen molar-refractivity contribution >= 4 is 5.91 Å². The molecule has 1 atom stereocenters. The van der Waals surface area contributed by atoms with Crippen LogP contribution in [0, 0.1) is 6.92 Å². The molecule has 1 rings (SSSR count). The molecule has 0 spiro atoms. The van der Waals surface area contributed by atoms with E-state index in [0.29, 0.717) is 6.54 Å². The van der Waals surface area contributed by atoms with Crippen LogP contribution in [0.1, 0.15) is 31.4 Å². The average Bonchev–Trinajstić information content (AvgIpc) is 2.38. The van der Waals surface area contributed by atoms with E-state index in [2.05, 4.69) is 18.3 Å². The Kier molecular flexibility index (Phi) is 6.36. The van der Waals surface area contributed by atoms with Crippen molar-refractivity contribution in [2.45, 2.75) is 39.7 Å². The number of carbonyl (C=O) groups is 1. The lowest BCUT2D eigenvalue weighted by molar-refractivity contribution is -0.122. The van der Waals surface area contributed by atoms with Crippen molar-refractivity contribution in [2.75, 3.05) is 13.2 Å². The van der Waals surface area contributed by atoms with Gasteiger partial charge in [0.05, 0.1) is 0 Å². The Morgan fingerprint density at radius 3 is 2.79 bits per heavy atom. The summed E-state index contributed by atoms with van der Waals surface area (Å²) in [6.07, 6.45) is 1.69. The van der Waals surface area contributed by atoms with Crippen molar-refractivity contribution in [2.24, 2.45) is 5.73 Å². The highest BCUT2D eigenvalue weighted by atomic mass is 16.5. The fourth-order valence-corrected chi connectivity index (χ4v) is 1.83. The standard InChI is InChI=1S/C15H24N2O2/c1-4-13(16)9-12-8-11(3)6-7-14(12)19-10-15(18)17-5-2/h6-8,13H,4-5,9-10,16H2,1-3H3,(H,17,18). The summed E-state index contributed by atoms with van der Waals surface area (Å²) in [4.78, 5) is 11.4. The molecule has 1 amide bonds. The fourth-order valence-electron chi connectivity index (χ4n) is 1.83. The van der Waals surface area contributed by atoms with Crippen molar-refractivity contribution in [3.8, 4) is 5.75 Å². The van der Waals surface area contributed by atoms with Crippen LogP contribution in [0.2, 0.25) is 0 Å². The third-order valence-corrected chi connectivity index (χ3v) is 2.96. The zero-order valence-electron chi connectivity index (χ0n) is 12.0. The van der Waals surface area contributed by atoms with Crippen LogP contribution in [0.25, 0.3) is 0 Å². The monoisotopic (exact) mass is 264 g/mol. The molecule has 0 bridgehead atoms. The molecule has 0 radical (unpaired) electrons. The van der Waals surface area contributed by atoms with Crippen molar-refractivity contribution in [1.82, 2.24) is 5.32 Å². The Balaban J connectivity index is 2.73. The lowest BCUT2D eigenvalue weighted by Crippen LogP contribution is -2.29. The Morgan fingerprint density at radius 1 is 1.42 bits per heavy atom. The van der Waals surface area contributed by atoms with E-state index in [1.807, 2.05) is 26.0 Å². The first-order valence-electron chi connectivity index (χ1n) is 6.81. The van der Waals surface area contributed by atoms with Gasteiger partial charge < -0.3 is 15.8 Å². The lowest BCUT2D eigenvalue weighted by atomic mass is 10.0. The summed E-state index contributed by atoms with van der Waals surface area (Å²) in [5, 5.41) is 2.71. The number of carbonyl (C=O) groups excluding carboxylic acids is 1. The molecule has 1 unspecified atom stereocenters. The second-order valence-corrected chi connectivity index (χ2v) is 4.73. The van der Waals surface area contributed by atoms with Crippen LogP contribution in [0.5, 0.6) is 5.75 Å². The lowest BCUT2D eigenvalue weighted by Gasteiger charge is -2.15. The molecule has 0 aliphatic carbocycles. The maximum Gasteiger partial charge on any atom is 0.257 e. The topological polar surface area (TPSA) is 64.3 Å². The maximum absolute atomic E-state index is 11.4. The number of benzene rings is 1. The van der Waals surface area contributed by atoms with Gasteiger partial charge in [-0.1, -0.05) is 24.6 Å². The van der Waals surface area contributed by atoms with Gasteiger partial charge in [-0.25, -0.2) is 0 Å². The molecule has 1 aromatic rings. The van der Waals surface area contributed by atoms with Crippen molar-refractivity contribution in [3.05, 3.63) is 29.3 Å².